The first kappa shape index (κ1) is 9.95. The number of aliphatic hydroxyl groups excluding tert-OH is 1. The van der Waals surface area contributed by atoms with E-state index in [2.05, 4.69) is 5.32 Å². The summed E-state index contributed by atoms with van der Waals surface area (Å²) in [5, 5.41) is 12.3. The van der Waals surface area contributed by atoms with Gasteiger partial charge in [0.1, 0.15) is 0 Å². The molecular weight excluding hydrogens is 178 g/mol. The van der Waals surface area contributed by atoms with Crippen LogP contribution in [0.15, 0.2) is 0 Å². The van der Waals surface area contributed by atoms with Crippen molar-refractivity contribution >= 4 is 9.84 Å². The Morgan fingerprint density at radius 2 is 2.00 bits per heavy atom. The zero-order valence-corrected chi connectivity index (χ0v) is 8.13. The number of hydrogen-bond donors (Lipinski definition) is 2. The van der Waals surface area contributed by atoms with E-state index in [1.165, 1.54) is 0 Å². The van der Waals surface area contributed by atoms with E-state index in [-0.39, 0.29) is 23.6 Å². The standard InChI is InChI=1S/C7H15NO3S/c1-5(2)8-6-3-12(10,11)4-7(6)9/h5-9H,3-4H2,1-2H3/t6-,7+/m1/s1. The lowest BCUT2D eigenvalue weighted by molar-refractivity contribution is 0.161. The van der Waals surface area contributed by atoms with Crippen molar-refractivity contribution in [2.75, 3.05) is 11.5 Å². The molecule has 0 aromatic heterocycles. The third-order valence-corrected chi connectivity index (χ3v) is 3.59. The summed E-state index contributed by atoms with van der Waals surface area (Å²) in [6, 6.07) is -0.0760. The van der Waals surface area contributed by atoms with Crippen molar-refractivity contribution in [3.8, 4) is 0 Å². The number of rotatable bonds is 2. The van der Waals surface area contributed by atoms with Gasteiger partial charge in [-0.05, 0) is 0 Å². The lowest BCUT2D eigenvalue weighted by Gasteiger charge is -2.17. The Labute approximate surface area is 72.9 Å². The highest BCUT2D eigenvalue weighted by Crippen LogP contribution is 2.12. The lowest BCUT2D eigenvalue weighted by atomic mass is 10.2. The molecule has 0 aromatic rings. The molecule has 5 heteroatoms. The monoisotopic (exact) mass is 193 g/mol. The summed E-state index contributed by atoms with van der Waals surface area (Å²) >= 11 is 0. The van der Waals surface area contributed by atoms with E-state index in [4.69, 9.17) is 0 Å². The summed E-state index contributed by atoms with van der Waals surface area (Å²) in [6.07, 6.45) is -0.739. The smallest absolute Gasteiger partial charge is 0.154 e. The number of hydrogen-bond acceptors (Lipinski definition) is 4. The molecule has 0 saturated carbocycles. The minimum Gasteiger partial charge on any atom is -0.390 e. The summed E-state index contributed by atoms with van der Waals surface area (Å²) in [7, 11) is -3.00. The Morgan fingerprint density at radius 1 is 1.42 bits per heavy atom. The van der Waals surface area contributed by atoms with Gasteiger partial charge in [-0.3, -0.25) is 0 Å². The maximum Gasteiger partial charge on any atom is 0.154 e. The first-order valence-electron chi connectivity index (χ1n) is 4.05. The molecule has 0 amide bonds. The minimum atomic E-state index is -3.00. The molecule has 0 aromatic carbocycles. The molecule has 0 bridgehead atoms. The van der Waals surface area contributed by atoms with E-state index >= 15 is 0 Å². The Kier molecular flexibility index (Phi) is 2.75. The van der Waals surface area contributed by atoms with Gasteiger partial charge in [-0.25, -0.2) is 8.42 Å². The van der Waals surface area contributed by atoms with Crippen molar-refractivity contribution in [1.29, 1.82) is 0 Å². The predicted molar refractivity (Wildman–Crippen MR) is 46.7 cm³/mol. The third kappa shape index (κ3) is 2.43. The Hall–Kier alpha value is -0.130. The van der Waals surface area contributed by atoms with Gasteiger partial charge >= 0.3 is 0 Å². The van der Waals surface area contributed by atoms with Gasteiger partial charge in [0.15, 0.2) is 9.84 Å². The fraction of sp³-hybridized carbons (Fsp3) is 1.00. The molecule has 1 fully saturated rings. The summed E-state index contributed by atoms with van der Waals surface area (Å²) < 4.78 is 22.1. The average molecular weight is 193 g/mol. The molecular formula is C7H15NO3S. The van der Waals surface area contributed by atoms with Crippen LogP contribution in [0.2, 0.25) is 0 Å². The van der Waals surface area contributed by atoms with Crippen LogP contribution in [-0.2, 0) is 9.84 Å². The van der Waals surface area contributed by atoms with Gasteiger partial charge in [0.2, 0.25) is 0 Å². The van der Waals surface area contributed by atoms with E-state index in [1.807, 2.05) is 13.8 Å². The van der Waals surface area contributed by atoms with Gasteiger partial charge in [-0.1, -0.05) is 13.8 Å². The van der Waals surface area contributed by atoms with Crippen LogP contribution in [0.4, 0.5) is 0 Å². The van der Waals surface area contributed by atoms with Crippen molar-refractivity contribution in [1.82, 2.24) is 5.32 Å². The van der Waals surface area contributed by atoms with Gasteiger partial charge in [0.05, 0.1) is 17.6 Å². The Morgan fingerprint density at radius 3 is 2.33 bits per heavy atom. The molecule has 0 spiro atoms. The van der Waals surface area contributed by atoms with Crippen molar-refractivity contribution < 1.29 is 13.5 Å². The van der Waals surface area contributed by atoms with Crippen LogP contribution < -0.4 is 5.32 Å². The molecule has 0 unspecified atom stereocenters. The maximum atomic E-state index is 11.0. The topological polar surface area (TPSA) is 66.4 Å². The molecule has 1 aliphatic heterocycles. The Bertz CT molecular complexity index is 247. The second kappa shape index (κ2) is 3.32. The first-order chi connectivity index (χ1) is 5.41. The summed E-state index contributed by atoms with van der Waals surface area (Å²) in [5.41, 5.74) is 0. The molecule has 72 valence electrons. The van der Waals surface area contributed by atoms with E-state index in [1.54, 1.807) is 0 Å². The minimum absolute atomic E-state index is 0.0619. The van der Waals surface area contributed by atoms with Gasteiger partial charge < -0.3 is 10.4 Å². The second-order valence-corrected chi connectivity index (χ2v) is 5.73. The van der Waals surface area contributed by atoms with Crippen LogP contribution in [0.1, 0.15) is 13.8 Å². The van der Waals surface area contributed by atoms with E-state index in [0.29, 0.717) is 0 Å². The highest BCUT2D eigenvalue weighted by molar-refractivity contribution is 7.91. The van der Waals surface area contributed by atoms with Crippen molar-refractivity contribution in [2.45, 2.75) is 32.0 Å². The molecule has 0 aliphatic carbocycles. The molecule has 2 atom stereocenters. The number of aliphatic hydroxyl groups is 1. The van der Waals surface area contributed by atoms with Crippen LogP contribution in [0.3, 0.4) is 0 Å². The molecule has 1 aliphatic rings. The highest BCUT2D eigenvalue weighted by Gasteiger charge is 2.36. The van der Waals surface area contributed by atoms with Crippen molar-refractivity contribution in [2.24, 2.45) is 0 Å². The molecule has 1 rings (SSSR count). The predicted octanol–water partition coefficient (Wildman–Crippen LogP) is -0.858. The molecule has 2 N–H and O–H groups in total. The highest BCUT2D eigenvalue weighted by atomic mass is 32.2. The number of nitrogens with one attached hydrogen (secondary N) is 1. The van der Waals surface area contributed by atoms with Crippen LogP contribution in [0.25, 0.3) is 0 Å². The van der Waals surface area contributed by atoms with Gasteiger partial charge in [-0.2, -0.15) is 0 Å². The van der Waals surface area contributed by atoms with Crippen LogP contribution in [0.5, 0.6) is 0 Å². The van der Waals surface area contributed by atoms with E-state index in [0.717, 1.165) is 0 Å². The summed E-state index contributed by atoms with van der Waals surface area (Å²) in [5.74, 6) is -0.0380. The zero-order valence-electron chi connectivity index (χ0n) is 7.32. The maximum absolute atomic E-state index is 11.0. The van der Waals surface area contributed by atoms with Crippen LogP contribution >= 0.6 is 0 Å². The van der Waals surface area contributed by atoms with Crippen molar-refractivity contribution in [3.05, 3.63) is 0 Å². The molecule has 1 heterocycles. The van der Waals surface area contributed by atoms with Gasteiger partial charge in [-0.15, -0.1) is 0 Å². The van der Waals surface area contributed by atoms with Crippen LogP contribution in [-0.4, -0.2) is 43.2 Å². The second-order valence-electron chi connectivity index (χ2n) is 3.57. The summed E-state index contributed by atoms with van der Waals surface area (Å²) in [4.78, 5) is 0. The molecule has 0 radical (unpaired) electrons. The SMILES string of the molecule is CC(C)N[C@@H]1CS(=O)(=O)C[C@@H]1O. The molecule has 4 nitrogen and oxygen atoms in total. The van der Waals surface area contributed by atoms with Gasteiger partial charge in [0, 0.05) is 12.1 Å². The molecule has 1 saturated heterocycles. The Balaban J connectivity index is 2.58. The lowest BCUT2D eigenvalue weighted by Crippen LogP contribution is -2.42. The third-order valence-electron chi connectivity index (χ3n) is 1.87. The quantitative estimate of drug-likeness (QED) is 0.599. The van der Waals surface area contributed by atoms with Gasteiger partial charge in [0.25, 0.3) is 0 Å². The summed E-state index contributed by atoms with van der Waals surface area (Å²) in [6.45, 7) is 3.86. The van der Waals surface area contributed by atoms with Crippen molar-refractivity contribution in [3.63, 3.8) is 0 Å². The fourth-order valence-corrected chi connectivity index (χ4v) is 3.17. The largest absolute Gasteiger partial charge is 0.390 e. The molecule has 12 heavy (non-hydrogen) atoms. The normalized spacial score (nSPS) is 34.3. The van der Waals surface area contributed by atoms with Crippen LogP contribution in [0, 0.1) is 0 Å². The first-order valence-corrected chi connectivity index (χ1v) is 5.87. The number of sulfone groups is 1. The van der Waals surface area contributed by atoms with E-state index < -0.39 is 15.9 Å². The fourth-order valence-electron chi connectivity index (χ4n) is 1.42. The average Bonchev–Trinajstić information content (AvgIpc) is 2.03. The zero-order chi connectivity index (χ0) is 9.35. The van der Waals surface area contributed by atoms with E-state index in [9.17, 15) is 13.5 Å².